The Labute approximate surface area is 289 Å². The van der Waals surface area contributed by atoms with Crippen molar-refractivity contribution in [1.29, 1.82) is 0 Å². The van der Waals surface area contributed by atoms with Crippen LogP contribution in [-0.2, 0) is 29.5 Å². The van der Waals surface area contributed by atoms with Crippen molar-refractivity contribution in [2.24, 2.45) is 4.40 Å². The van der Waals surface area contributed by atoms with Crippen molar-refractivity contribution in [2.75, 3.05) is 40.5 Å². The number of unbranched alkanes of at least 4 members (excludes halogenated alkanes) is 17. The van der Waals surface area contributed by atoms with E-state index in [4.69, 9.17) is 9.47 Å². The van der Waals surface area contributed by atoms with Crippen molar-refractivity contribution >= 4 is 43.7 Å². The molecule has 0 unspecified atom stereocenters. The van der Waals surface area contributed by atoms with Gasteiger partial charge in [0.1, 0.15) is 8.42 Å². The Morgan fingerprint density at radius 3 is 1.94 bits per heavy atom. The van der Waals surface area contributed by atoms with E-state index in [1.807, 2.05) is 0 Å². The summed E-state index contributed by atoms with van der Waals surface area (Å²) in [6, 6.07) is 0.676. The molecule has 1 aromatic heterocycles. The molecule has 0 bridgehead atoms. The molecule has 0 radical (unpaired) electrons. The molecule has 1 atom stereocenters. The van der Waals surface area contributed by atoms with E-state index >= 15 is 0 Å². The number of ether oxygens (including phenoxy) is 2. The van der Waals surface area contributed by atoms with Gasteiger partial charge in [-0.3, -0.25) is 0 Å². The molecule has 1 aliphatic heterocycles. The number of hydrogen-bond acceptors (Lipinski definition) is 8. The summed E-state index contributed by atoms with van der Waals surface area (Å²) in [5.74, 6) is 0. The van der Waals surface area contributed by atoms with Gasteiger partial charge in [-0.15, -0.1) is 11.3 Å². The highest BCUT2D eigenvalue weighted by atomic mass is 32.3. The molecule has 2 rings (SSSR count). The lowest BCUT2D eigenvalue weighted by Gasteiger charge is -2.37. The van der Waals surface area contributed by atoms with Gasteiger partial charge in [-0.2, -0.15) is 17.1 Å². The van der Waals surface area contributed by atoms with Gasteiger partial charge < -0.3 is 14.4 Å². The zero-order chi connectivity index (χ0) is 34.5. The molecule has 0 fully saturated rings. The lowest BCUT2D eigenvalue weighted by Crippen LogP contribution is -2.47. The van der Waals surface area contributed by atoms with Gasteiger partial charge in [0.2, 0.25) is 0 Å². The molecule has 10 nitrogen and oxygen atoms in total. The van der Waals surface area contributed by atoms with Gasteiger partial charge in [0.25, 0.3) is 20.0 Å². The highest BCUT2D eigenvalue weighted by Gasteiger charge is 2.43. The fraction of sp³-hybridized carbons (Fsp3) is 0.824. The second-order valence-electron chi connectivity index (χ2n) is 12.5. The zero-order valence-electron chi connectivity index (χ0n) is 29.4. The number of hydrogen-bond donors (Lipinski definition) is 0. The number of carbonyl (C=O) groups is 1. The molecule has 0 spiro atoms. The Bertz CT molecular complexity index is 1270. The largest absolute Gasteiger partial charge is 0.453 e. The van der Waals surface area contributed by atoms with Gasteiger partial charge in [0.15, 0.2) is 0 Å². The first-order valence-electron chi connectivity index (χ1n) is 17.9. The highest BCUT2D eigenvalue weighted by molar-refractivity contribution is 7.94. The third kappa shape index (κ3) is 14.1. The molecule has 0 aliphatic carbocycles. The van der Waals surface area contributed by atoms with Crippen molar-refractivity contribution in [3.8, 4) is 0 Å². The van der Waals surface area contributed by atoms with Gasteiger partial charge in [0, 0.05) is 45.1 Å². The number of carbonyl (C=O) groups excluding carboxylic acids is 1. The lowest BCUT2D eigenvalue weighted by molar-refractivity contribution is 0.0981. The Balaban J connectivity index is 1.80. The van der Waals surface area contributed by atoms with E-state index in [1.165, 1.54) is 118 Å². The second kappa shape index (κ2) is 23.0. The first kappa shape index (κ1) is 41.6. The van der Waals surface area contributed by atoms with E-state index in [0.717, 1.165) is 19.3 Å². The monoisotopic (exact) mass is 719 g/mol. The maximum Gasteiger partial charge on any atom is 0.410 e. The summed E-state index contributed by atoms with van der Waals surface area (Å²) >= 11 is 0.692. The topological polar surface area (TPSA) is 123 Å². The standard InChI is InChI=1S/C34H61N3O7S3/c1-5-7-8-9-10-11-12-13-14-15-16-17-18-19-20-21-22-23-25-35-46(39,40)32-28-30-31(37(6-2)34(38)44-4)29-36(26-24-27-43-3)47(41,42)33(30)45-32/h25,28,31H,5-24,26-27,29H2,1-4H3/t31-/m0/s1. The van der Waals surface area contributed by atoms with E-state index in [0.29, 0.717) is 30.8 Å². The van der Waals surface area contributed by atoms with Crippen molar-refractivity contribution in [3.05, 3.63) is 11.6 Å². The number of fused-ring (bicyclic) bond motifs is 1. The number of amides is 1. The molecule has 0 aromatic carbocycles. The number of rotatable bonds is 26. The van der Waals surface area contributed by atoms with Gasteiger partial charge in [-0.1, -0.05) is 110 Å². The quantitative estimate of drug-likeness (QED) is 0.0693. The number of thiophene rings is 1. The predicted molar refractivity (Wildman–Crippen MR) is 192 cm³/mol. The second-order valence-corrected chi connectivity index (χ2v) is 17.5. The fourth-order valence-corrected chi connectivity index (χ4v) is 10.8. The number of likely N-dealkylation sites (N-methyl/N-ethyl adjacent to an activating group) is 1. The van der Waals surface area contributed by atoms with Crippen molar-refractivity contribution in [3.63, 3.8) is 0 Å². The van der Waals surface area contributed by atoms with Gasteiger partial charge >= 0.3 is 6.09 Å². The third-order valence-electron chi connectivity index (χ3n) is 8.80. The van der Waals surface area contributed by atoms with Crippen LogP contribution in [-0.4, -0.2) is 78.8 Å². The van der Waals surface area contributed by atoms with Crippen LogP contribution < -0.4 is 0 Å². The van der Waals surface area contributed by atoms with Crippen LogP contribution in [0.25, 0.3) is 0 Å². The van der Waals surface area contributed by atoms with Crippen molar-refractivity contribution in [1.82, 2.24) is 9.21 Å². The summed E-state index contributed by atoms with van der Waals surface area (Å²) in [7, 11) is -5.26. The smallest absolute Gasteiger partial charge is 0.410 e. The molecule has 272 valence electrons. The van der Waals surface area contributed by atoms with Gasteiger partial charge in [0.05, 0.1) is 13.2 Å². The molecule has 1 aliphatic rings. The molecule has 2 heterocycles. The first-order valence-corrected chi connectivity index (χ1v) is 21.6. The van der Waals surface area contributed by atoms with Crippen LogP contribution in [0.2, 0.25) is 0 Å². The first-order chi connectivity index (χ1) is 22.6. The van der Waals surface area contributed by atoms with Gasteiger partial charge in [-0.25, -0.2) is 13.2 Å². The number of methoxy groups -OCH3 is 2. The molecular formula is C34H61N3O7S3. The Morgan fingerprint density at radius 2 is 1.45 bits per heavy atom. The van der Waals surface area contributed by atoms with Crippen LogP contribution in [0.3, 0.4) is 0 Å². The van der Waals surface area contributed by atoms with Crippen LogP contribution in [0.15, 0.2) is 18.9 Å². The van der Waals surface area contributed by atoms with E-state index in [1.54, 1.807) is 14.0 Å². The molecule has 13 heteroatoms. The Kier molecular flexibility index (Phi) is 20.3. The molecular weight excluding hydrogens is 659 g/mol. The Hall–Kier alpha value is -1.54. The SMILES string of the molecule is CCCCCCCCCCCCCCCCCCCC=NS(=O)(=O)c1cc2c(s1)S(=O)(=O)N(CCCOC)C[C@@H]2N(CC)C(=O)OC. The summed E-state index contributed by atoms with van der Waals surface area (Å²) in [4.78, 5) is 14.0. The van der Waals surface area contributed by atoms with Crippen molar-refractivity contribution in [2.45, 2.75) is 150 Å². The van der Waals surface area contributed by atoms with E-state index < -0.39 is 32.2 Å². The minimum atomic E-state index is -4.10. The van der Waals surface area contributed by atoms with Crippen LogP contribution in [0.4, 0.5) is 4.79 Å². The van der Waals surface area contributed by atoms with Gasteiger partial charge in [-0.05, 0) is 32.3 Å². The summed E-state index contributed by atoms with van der Waals surface area (Å²) < 4.78 is 68.3. The van der Waals surface area contributed by atoms with Crippen molar-refractivity contribution < 1.29 is 31.1 Å². The van der Waals surface area contributed by atoms with Crippen LogP contribution in [0, 0.1) is 0 Å². The zero-order valence-corrected chi connectivity index (χ0v) is 31.9. The lowest BCUT2D eigenvalue weighted by atomic mass is 10.0. The summed E-state index contributed by atoms with van der Waals surface area (Å²) in [5, 5.41) is 0. The molecule has 47 heavy (non-hydrogen) atoms. The highest BCUT2D eigenvalue weighted by Crippen LogP contribution is 2.43. The summed E-state index contributed by atoms with van der Waals surface area (Å²) in [5.41, 5.74) is 0.284. The van der Waals surface area contributed by atoms with E-state index in [9.17, 15) is 21.6 Å². The number of sulfonamides is 2. The maximum atomic E-state index is 13.5. The number of nitrogens with zero attached hydrogens (tertiary/aromatic N) is 3. The van der Waals surface area contributed by atoms with Crippen LogP contribution >= 0.6 is 11.3 Å². The van der Waals surface area contributed by atoms with E-state index in [-0.39, 0.29) is 33.6 Å². The molecule has 0 saturated carbocycles. The van der Waals surface area contributed by atoms with Crippen LogP contribution in [0.5, 0.6) is 0 Å². The predicted octanol–water partition coefficient (Wildman–Crippen LogP) is 8.72. The summed E-state index contributed by atoms with van der Waals surface area (Å²) in [6.45, 7) is 4.85. The molecule has 0 N–H and O–H groups in total. The molecule has 1 aromatic rings. The van der Waals surface area contributed by atoms with E-state index in [2.05, 4.69) is 11.3 Å². The third-order valence-corrected chi connectivity index (χ3v) is 14.1. The summed E-state index contributed by atoms with van der Waals surface area (Å²) in [6.07, 6.45) is 23.7. The molecule has 1 amide bonds. The van der Waals surface area contributed by atoms with Crippen LogP contribution in [0.1, 0.15) is 147 Å². The average molecular weight is 720 g/mol. The minimum absolute atomic E-state index is 0.000779. The normalized spacial score (nSPS) is 16.5. The average Bonchev–Trinajstić information content (AvgIpc) is 3.52. The maximum absolute atomic E-state index is 13.5. The molecule has 0 saturated heterocycles. The fourth-order valence-electron chi connectivity index (χ4n) is 6.05. The Morgan fingerprint density at radius 1 is 0.915 bits per heavy atom. The minimum Gasteiger partial charge on any atom is -0.453 e.